The molecule has 2 amide bonds. The lowest BCUT2D eigenvalue weighted by molar-refractivity contribution is -0.137. The molecule has 35 heavy (non-hydrogen) atoms. The van der Waals surface area contributed by atoms with Crippen LogP contribution in [0.25, 0.3) is 11.1 Å². The van der Waals surface area contributed by atoms with Crippen molar-refractivity contribution in [2.45, 2.75) is 38.6 Å². The summed E-state index contributed by atoms with van der Waals surface area (Å²) in [6.45, 7) is 3.68. The molecule has 1 unspecified atom stereocenters. The molecule has 8 nitrogen and oxygen atoms in total. The summed E-state index contributed by atoms with van der Waals surface area (Å²) >= 11 is 0. The zero-order valence-corrected chi connectivity index (χ0v) is 19.6. The highest BCUT2D eigenvalue weighted by Gasteiger charge is 2.30. The van der Waals surface area contributed by atoms with Gasteiger partial charge in [0.25, 0.3) is 0 Å². The summed E-state index contributed by atoms with van der Waals surface area (Å²) in [6, 6.07) is 16.6. The lowest BCUT2D eigenvalue weighted by atomic mass is 9.98. The summed E-state index contributed by atoms with van der Waals surface area (Å²) in [4.78, 5) is 41.0. The van der Waals surface area contributed by atoms with Gasteiger partial charge in [0, 0.05) is 18.5 Å². The third-order valence-electron chi connectivity index (χ3n) is 6.20. The van der Waals surface area contributed by atoms with Crippen LogP contribution in [-0.2, 0) is 14.3 Å². The van der Waals surface area contributed by atoms with Crippen LogP contribution in [0.2, 0.25) is 0 Å². The molecule has 0 aliphatic heterocycles. The number of fused-ring (bicyclic) bond motifs is 3. The number of benzene rings is 2. The van der Waals surface area contributed by atoms with Crippen molar-refractivity contribution < 1.29 is 24.2 Å². The number of carbonyl (C=O) groups excluding carboxylic acids is 2. The molecule has 3 N–H and O–H groups in total. The number of carboxylic acids is 1. The van der Waals surface area contributed by atoms with E-state index in [-0.39, 0.29) is 25.4 Å². The highest BCUT2D eigenvalue weighted by molar-refractivity contribution is 5.97. The first-order valence-electron chi connectivity index (χ1n) is 11.4. The second-order valence-electron chi connectivity index (χ2n) is 8.53. The maximum atomic E-state index is 13.0. The highest BCUT2D eigenvalue weighted by Crippen LogP contribution is 2.44. The van der Waals surface area contributed by atoms with E-state index in [0.717, 1.165) is 27.8 Å². The predicted molar refractivity (Wildman–Crippen MR) is 131 cm³/mol. The van der Waals surface area contributed by atoms with Crippen molar-refractivity contribution in [1.29, 1.82) is 0 Å². The third-order valence-corrected chi connectivity index (χ3v) is 6.20. The highest BCUT2D eigenvalue weighted by atomic mass is 16.5. The van der Waals surface area contributed by atoms with Gasteiger partial charge in [-0.2, -0.15) is 0 Å². The third kappa shape index (κ3) is 5.32. The molecule has 0 saturated heterocycles. The molecule has 1 atom stereocenters. The summed E-state index contributed by atoms with van der Waals surface area (Å²) in [5.74, 6) is -1.72. The summed E-state index contributed by atoms with van der Waals surface area (Å²) in [6.07, 6.45) is 0.491. The average molecular weight is 474 g/mol. The van der Waals surface area contributed by atoms with Crippen molar-refractivity contribution in [3.05, 3.63) is 83.2 Å². The first kappa shape index (κ1) is 23.9. The number of aliphatic carboxylic acids is 1. The van der Waals surface area contributed by atoms with E-state index in [9.17, 15) is 14.4 Å². The van der Waals surface area contributed by atoms with E-state index < -0.39 is 24.0 Å². The number of pyridine rings is 1. The van der Waals surface area contributed by atoms with E-state index in [1.165, 1.54) is 0 Å². The fourth-order valence-electron chi connectivity index (χ4n) is 4.41. The molecule has 3 aromatic rings. The van der Waals surface area contributed by atoms with Crippen LogP contribution in [-0.4, -0.2) is 40.7 Å². The van der Waals surface area contributed by atoms with Gasteiger partial charge in [0.15, 0.2) is 0 Å². The molecule has 1 aliphatic carbocycles. The minimum absolute atomic E-state index is 0.0796. The van der Waals surface area contributed by atoms with Crippen molar-refractivity contribution in [3.63, 3.8) is 0 Å². The summed E-state index contributed by atoms with van der Waals surface area (Å²) < 4.78 is 5.53. The van der Waals surface area contributed by atoms with Crippen molar-refractivity contribution in [3.8, 4) is 11.1 Å². The van der Waals surface area contributed by atoms with Crippen LogP contribution in [0, 0.1) is 13.8 Å². The number of aromatic nitrogens is 1. The predicted octanol–water partition coefficient (Wildman–Crippen LogP) is 4.41. The van der Waals surface area contributed by atoms with Crippen molar-refractivity contribution in [1.82, 2.24) is 10.3 Å². The standard InChI is InChI=1S/C27H27N3O5/c1-16-13-14-28-17(2)25(16)30-26(33)23(11-12-24(31)32)29-27(34)35-15-22-20-9-5-3-7-18(20)19-8-4-6-10-21(19)22/h3-10,13-14,22-23H,11-12,15H2,1-2H3,(H,29,34)(H,30,33)(H,31,32). The Hall–Kier alpha value is -4.20. The van der Waals surface area contributed by atoms with Crippen LogP contribution < -0.4 is 10.6 Å². The Morgan fingerprint density at radius 2 is 1.63 bits per heavy atom. The smallest absolute Gasteiger partial charge is 0.407 e. The number of alkyl carbamates (subject to hydrolysis) is 1. The number of nitrogens with zero attached hydrogens (tertiary/aromatic N) is 1. The topological polar surface area (TPSA) is 118 Å². The molecule has 0 saturated carbocycles. The normalized spacial score (nSPS) is 12.9. The second-order valence-corrected chi connectivity index (χ2v) is 8.53. The number of nitrogens with one attached hydrogen (secondary N) is 2. The SMILES string of the molecule is Cc1ccnc(C)c1NC(=O)C(CCC(=O)O)NC(=O)OCC1c2ccccc2-c2ccccc21. The fraction of sp³-hybridized carbons (Fsp3) is 0.259. The van der Waals surface area contributed by atoms with Crippen LogP contribution in [0.3, 0.4) is 0 Å². The molecule has 1 aliphatic rings. The second kappa shape index (κ2) is 10.4. The number of hydrogen-bond acceptors (Lipinski definition) is 5. The lowest BCUT2D eigenvalue weighted by Crippen LogP contribution is -2.44. The fourth-order valence-corrected chi connectivity index (χ4v) is 4.41. The van der Waals surface area contributed by atoms with Crippen LogP contribution in [0.4, 0.5) is 10.5 Å². The van der Waals surface area contributed by atoms with Gasteiger partial charge < -0.3 is 20.5 Å². The Bertz CT molecular complexity index is 1210. The van der Waals surface area contributed by atoms with Gasteiger partial charge in [0.1, 0.15) is 12.6 Å². The Labute approximate surface area is 203 Å². The minimum Gasteiger partial charge on any atom is -0.481 e. The van der Waals surface area contributed by atoms with E-state index in [4.69, 9.17) is 9.84 Å². The molecule has 8 heteroatoms. The number of aryl methyl sites for hydroxylation is 2. The van der Waals surface area contributed by atoms with Crippen molar-refractivity contribution in [2.24, 2.45) is 0 Å². The van der Waals surface area contributed by atoms with Gasteiger partial charge in [0.2, 0.25) is 5.91 Å². The Kier molecular flexibility index (Phi) is 7.10. The van der Waals surface area contributed by atoms with Gasteiger partial charge in [-0.1, -0.05) is 48.5 Å². The molecule has 0 spiro atoms. The number of hydrogen-bond donors (Lipinski definition) is 3. The number of anilines is 1. The quantitative estimate of drug-likeness (QED) is 0.446. The number of rotatable bonds is 8. The monoisotopic (exact) mass is 473 g/mol. The molecular formula is C27H27N3O5. The van der Waals surface area contributed by atoms with Crippen molar-refractivity contribution >= 4 is 23.7 Å². The lowest BCUT2D eigenvalue weighted by Gasteiger charge is -2.20. The molecule has 180 valence electrons. The summed E-state index contributed by atoms with van der Waals surface area (Å²) in [7, 11) is 0. The first-order chi connectivity index (χ1) is 16.8. The molecule has 2 aromatic carbocycles. The van der Waals surface area contributed by atoms with Crippen LogP contribution in [0.1, 0.15) is 41.1 Å². The van der Waals surface area contributed by atoms with E-state index in [1.807, 2.05) is 55.5 Å². The number of ether oxygens (including phenoxy) is 1. The van der Waals surface area contributed by atoms with Crippen molar-refractivity contribution in [2.75, 3.05) is 11.9 Å². The van der Waals surface area contributed by atoms with Crippen LogP contribution >= 0.6 is 0 Å². The Morgan fingerprint density at radius 1 is 1.00 bits per heavy atom. The Balaban J connectivity index is 1.45. The summed E-state index contributed by atoms with van der Waals surface area (Å²) in [5.41, 5.74) is 6.33. The van der Waals surface area contributed by atoms with Gasteiger partial charge in [-0.05, 0) is 54.2 Å². The van der Waals surface area contributed by atoms with Gasteiger partial charge in [0.05, 0.1) is 11.4 Å². The van der Waals surface area contributed by atoms with Gasteiger partial charge >= 0.3 is 12.1 Å². The number of carbonyl (C=O) groups is 3. The maximum absolute atomic E-state index is 13.0. The number of amides is 2. The van der Waals surface area contributed by atoms with Crippen LogP contribution in [0.5, 0.6) is 0 Å². The molecular weight excluding hydrogens is 446 g/mol. The first-order valence-corrected chi connectivity index (χ1v) is 11.4. The zero-order chi connectivity index (χ0) is 24.9. The largest absolute Gasteiger partial charge is 0.481 e. The molecule has 0 bridgehead atoms. The molecule has 4 rings (SSSR count). The van der Waals surface area contributed by atoms with Gasteiger partial charge in [-0.15, -0.1) is 0 Å². The molecule has 0 fully saturated rings. The maximum Gasteiger partial charge on any atom is 0.407 e. The van der Waals surface area contributed by atoms with Crippen LogP contribution in [0.15, 0.2) is 60.8 Å². The summed E-state index contributed by atoms with van der Waals surface area (Å²) in [5, 5.41) is 14.4. The molecule has 1 aromatic heterocycles. The minimum atomic E-state index is -1.08. The average Bonchev–Trinajstić information content (AvgIpc) is 3.16. The molecule has 1 heterocycles. The van der Waals surface area contributed by atoms with Gasteiger partial charge in [-0.25, -0.2) is 4.79 Å². The van der Waals surface area contributed by atoms with E-state index in [1.54, 1.807) is 19.2 Å². The zero-order valence-electron chi connectivity index (χ0n) is 19.6. The Morgan fingerprint density at radius 3 is 2.23 bits per heavy atom. The number of carboxylic acid groups (broad SMARTS) is 1. The van der Waals surface area contributed by atoms with E-state index >= 15 is 0 Å². The molecule has 0 radical (unpaired) electrons. The van der Waals surface area contributed by atoms with E-state index in [2.05, 4.69) is 15.6 Å². The van der Waals surface area contributed by atoms with E-state index in [0.29, 0.717) is 11.4 Å². The van der Waals surface area contributed by atoms with Gasteiger partial charge in [-0.3, -0.25) is 14.6 Å².